The van der Waals surface area contributed by atoms with E-state index in [4.69, 9.17) is 5.73 Å². The van der Waals surface area contributed by atoms with Gasteiger partial charge in [-0.15, -0.1) is 0 Å². The maximum Gasteiger partial charge on any atom is 0.146 e. The summed E-state index contributed by atoms with van der Waals surface area (Å²) in [7, 11) is 1.89. The molecule has 2 N–H and O–H groups in total. The first-order valence-electron chi connectivity index (χ1n) is 5.85. The average molecular weight is 264 g/mol. The Hall–Kier alpha value is -1.39. The fourth-order valence-electron chi connectivity index (χ4n) is 1.86. The van der Waals surface area contributed by atoms with Crippen molar-refractivity contribution in [2.45, 2.75) is 19.5 Å². The molecule has 0 amide bonds. The zero-order valence-corrected chi connectivity index (χ0v) is 11.4. The van der Waals surface area contributed by atoms with Crippen LogP contribution in [0, 0.1) is 5.82 Å². The summed E-state index contributed by atoms with van der Waals surface area (Å²) >= 11 is 1.65. The molecule has 2 rings (SSSR count). The number of anilines is 1. The Morgan fingerprint density at radius 1 is 1.39 bits per heavy atom. The molecule has 1 aromatic heterocycles. The van der Waals surface area contributed by atoms with Gasteiger partial charge in [0.2, 0.25) is 0 Å². The molecular formula is C14H17FN2S. The zero-order valence-electron chi connectivity index (χ0n) is 10.6. The first kappa shape index (κ1) is 13.1. The first-order chi connectivity index (χ1) is 8.58. The van der Waals surface area contributed by atoms with Crippen LogP contribution < -0.4 is 10.6 Å². The molecule has 18 heavy (non-hydrogen) atoms. The van der Waals surface area contributed by atoms with Crippen LogP contribution in [0.25, 0.3) is 0 Å². The highest BCUT2D eigenvalue weighted by Crippen LogP contribution is 2.23. The second-order valence-corrected chi connectivity index (χ2v) is 5.27. The van der Waals surface area contributed by atoms with Crippen LogP contribution in [0.15, 0.2) is 35.0 Å². The smallest absolute Gasteiger partial charge is 0.146 e. The van der Waals surface area contributed by atoms with Gasteiger partial charge in [-0.2, -0.15) is 11.3 Å². The van der Waals surface area contributed by atoms with Crippen molar-refractivity contribution in [1.29, 1.82) is 0 Å². The van der Waals surface area contributed by atoms with Gasteiger partial charge in [0.1, 0.15) is 5.82 Å². The third-order valence-corrected chi connectivity index (χ3v) is 3.64. The number of thiophene rings is 1. The molecule has 0 unspecified atom stereocenters. The van der Waals surface area contributed by atoms with Crippen molar-refractivity contribution in [3.63, 3.8) is 0 Å². The number of rotatable bonds is 4. The minimum atomic E-state index is -0.220. The molecule has 0 aliphatic carbocycles. The predicted molar refractivity (Wildman–Crippen MR) is 75.4 cm³/mol. The van der Waals surface area contributed by atoms with Crippen molar-refractivity contribution in [3.8, 4) is 0 Å². The molecule has 96 valence electrons. The molecule has 2 nitrogen and oxygen atoms in total. The fraction of sp³-hybridized carbons (Fsp3) is 0.286. The quantitative estimate of drug-likeness (QED) is 0.915. The lowest BCUT2D eigenvalue weighted by atomic mass is 10.1. The molecular weight excluding hydrogens is 247 g/mol. The molecule has 0 spiro atoms. The number of halogens is 1. The Balaban J connectivity index is 2.17. The van der Waals surface area contributed by atoms with Crippen molar-refractivity contribution in [2.24, 2.45) is 5.73 Å². The number of benzene rings is 1. The second kappa shape index (κ2) is 5.50. The lowest BCUT2D eigenvalue weighted by Gasteiger charge is -2.20. The van der Waals surface area contributed by atoms with Crippen LogP contribution in [0.5, 0.6) is 0 Å². The van der Waals surface area contributed by atoms with Gasteiger partial charge >= 0.3 is 0 Å². The van der Waals surface area contributed by atoms with E-state index in [1.165, 1.54) is 11.6 Å². The summed E-state index contributed by atoms with van der Waals surface area (Å²) in [5.41, 5.74) is 8.35. The van der Waals surface area contributed by atoms with Gasteiger partial charge in [0.25, 0.3) is 0 Å². The van der Waals surface area contributed by atoms with Gasteiger partial charge in [-0.05, 0) is 47.0 Å². The van der Waals surface area contributed by atoms with Crippen molar-refractivity contribution in [2.75, 3.05) is 11.9 Å². The van der Waals surface area contributed by atoms with Crippen LogP contribution in [-0.4, -0.2) is 7.05 Å². The summed E-state index contributed by atoms with van der Waals surface area (Å²) in [6.45, 7) is 2.56. The summed E-state index contributed by atoms with van der Waals surface area (Å²) < 4.78 is 14.0. The highest BCUT2D eigenvalue weighted by molar-refractivity contribution is 7.07. The Morgan fingerprint density at radius 3 is 2.72 bits per heavy atom. The molecule has 0 radical (unpaired) electrons. The standard InChI is InChI=1S/C14H17FN2S/c1-10(16)12-3-4-14(13(15)7-12)17(2)8-11-5-6-18-9-11/h3-7,9-10H,8,16H2,1-2H3/t10-/m1/s1. The van der Waals surface area contributed by atoms with E-state index >= 15 is 0 Å². The summed E-state index contributed by atoms with van der Waals surface area (Å²) in [5.74, 6) is -0.220. The first-order valence-corrected chi connectivity index (χ1v) is 6.79. The molecule has 0 aliphatic rings. The second-order valence-electron chi connectivity index (χ2n) is 4.49. The van der Waals surface area contributed by atoms with Crippen LogP contribution in [0.1, 0.15) is 24.1 Å². The SMILES string of the molecule is C[C@@H](N)c1ccc(N(C)Cc2ccsc2)c(F)c1. The number of nitrogens with zero attached hydrogens (tertiary/aromatic N) is 1. The molecule has 0 fully saturated rings. The normalized spacial score (nSPS) is 12.4. The Morgan fingerprint density at radius 2 is 2.17 bits per heavy atom. The van der Waals surface area contributed by atoms with Gasteiger partial charge in [-0.1, -0.05) is 6.07 Å². The Kier molecular flexibility index (Phi) is 3.99. The van der Waals surface area contributed by atoms with E-state index in [2.05, 4.69) is 11.4 Å². The number of nitrogens with two attached hydrogens (primary N) is 1. The third kappa shape index (κ3) is 2.89. The molecule has 0 aliphatic heterocycles. The minimum Gasteiger partial charge on any atom is -0.368 e. The molecule has 4 heteroatoms. The molecule has 1 heterocycles. The Bertz CT molecular complexity index is 509. The van der Waals surface area contributed by atoms with Gasteiger partial charge in [0, 0.05) is 19.6 Å². The summed E-state index contributed by atoms with van der Waals surface area (Å²) in [6.07, 6.45) is 0. The van der Waals surface area contributed by atoms with Crippen molar-refractivity contribution < 1.29 is 4.39 Å². The molecule has 0 bridgehead atoms. The van der Waals surface area contributed by atoms with E-state index in [0.717, 1.165) is 5.56 Å². The highest BCUT2D eigenvalue weighted by Gasteiger charge is 2.10. The summed E-state index contributed by atoms with van der Waals surface area (Å²) in [4.78, 5) is 1.91. The molecule has 0 saturated heterocycles. The van der Waals surface area contributed by atoms with Crippen molar-refractivity contribution >= 4 is 17.0 Å². The van der Waals surface area contributed by atoms with E-state index in [1.54, 1.807) is 17.4 Å². The Labute approximate surface area is 111 Å². The molecule has 0 saturated carbocycles. The maximum absolute atomic E-state index is 14.0. The summed E-state index contributed by atoms with van der Waals surface area (Å²) in [5, 5.41) is 4.10. The van der Waals surface area contributed by atoms with Crippen LogP contribution >= 0.6 is 11.3 Å². The van der Waals surface area contributed by atoms with Gasteiger partial charge in [0.15, 0.2) is 0 Å². The topological polar surface area (TPSA) is 29.3 Å². The van der Waals surface area contributed by atoms with E-state index in [-0.39, 0.29) is 11.9 Å². The van der Waals surface area contributed by atoms with Crippen LogP contribution in [-0.2, 0) is 6.54 Å². The van der Waals surface area contributed by atoms with Gasteiger partial charge in [-0.3, -0.25) is 0 Å². The highest BCUT2D eigenvalue weighted by atomic mass is 32.1. The fourth-order valence-corrected chi connectivity index (χ4v) is 2.52. The van der Waals surface area contributed by atoms with Gasteiger partial charge in [0.05, 0.1) is 5.69 Å². The number of hydrogen-bond donors (Lipinski definition) is 1. The van der Waals surface area contributed by atoms with Crippen LogP contribution in [0.4, 0.5) is 10.1 Å². The summed E-state index contributed by atoms with van der Waals surface area (Å²) in [6, 6.07) is 7.10. The molecule has 1 atom stereocenters. The maximum atomic E-state index is 14.0. The zero-order chi connectivity index (χ0) is 13.1. The van der Waals surface area contributed by atoms with E-state index in [9.17, 15) is 4.39 Å². The van der Waals surface area contributed by atoms with Crippen LogP contribution in [0.2, 0.25) is 0 Å². The van der Waals surface area contributed by atoms with Gasteiger partial charge in [-0.25, -0.2) is 4.39 Å². The average Bonchev–Trinajstić information content (AvgIpc) is 2.81. The lowest BCUT2D eigenvalue weighted by molar-refractivity contribution is 0.617. The monoisotopic (exact) mass is 264 g/mol. The number of hydrogen-bond acceptors (Lipinski definition) is 3. The molecule has 2 aromatic rings. The van der Waals surface area contributed by atoms with Crippen molar-refractivity contribution in [3.05, 3.63) is 52.0 Å². The third-order valence-electron chi connectivity index (χ3n) is 2.91. The lowest BCUT2D eigenvalue weighted by Crippen LogP contribution is -2.17. The van der Waals surface area contributed by atoms with Crippen LogP contribution in [0.3, 0.4) is 0 Å². The van der Waals surface area contributed by atoms with E-state index in [1.807, 2.05) is 30.3 Å². The predicted octanol–water partition coefficient (Wildman–Crippen LogP) is 3.54. The van der Waals surface area contributed by atoms with E-state index in [0.29, 0.717) is 12.2 Å². The largest absolute Gasteiger partial charge is 0.368 e. The molecule has 1 aromatic carbocycles. The van der Waals surface area contributed by atoms with E-state index < -0.39 is 0 Å². The van der Waals surface area contributed by atoms with Crippen molar-refractivity contribution in [1.82, 2.24) is 0 Å². The minimum absolute atomic E-state index is 0.143. The van der Waals surface area contributed by atoms with Gasteiger partial charge < -0.3 is 10.6 Å².